The Morgan fingerprint density at radius 3 is 2.88 bits per heavy atom. The van der Waals surface area contributed by atoms with E-state index in [1.807, 2.05) is 38.6 Å². The molecule has 5 rings (SSSR count). The summed E-state index contributed by atoms with van der Waals surface area (Å²) in [4.78, 5) is 7.17. The third-order valence-corrected chi connectivity index (χ3v) is 6.08. The summed E-state index contributed by atoms with van der Waals surface area (Å²) in [5.74, 6) is 2.92. The number of nitrogens with one attached hydrogen (secondary N) is 1. The Balaban J connectivity index is 1.42. The topological polar surface area (TPSA) is 72.0 Å². The molecular weight excluding hydrogens is 404 g/mol. The molecule has 0 radical (unpaired) electrons. The zero-order chi connectivity index (χ0) is 22.1. The fourth-order valence-corrected chi connectivity index (χ4v) is 4.27. The van der Waals surface area contributed by atoms with Gasteiger partial charge in [-0.15, -0.1) is 0 Å². The van der Waals surface area contributed by atoms with E-state index in [0.29, 0.717) is 13.2 Å². The largest absolute Gasteiger partial charge is 0.497 e. The maximum Gasteiger partial charge on any atom is 0.125 e. The maximum absolute atomic E-state index is 6.23. The van der Waals surface area contributed by atoms with Crippen molar-refractivity contribution in [3.8, 4) is 28.4 Å². The van der Waals surface area contributed by atoms with Gasteiger partial charge in [0, 0.05) is 41.9 Å². The van der Waals surface area contributed by atoms with Crippen LogP contribution in [0.25, 0.3) is 11.1 Å². The van der Waals surface area contributed by atoms with Crippen LogP contribution in [0.4, 0.5) is 5.69 Å². The van der Waals surface area contributed by atoms with Crippen molar-refractivity contribution >= 4 is 11.4 Å². The van der Waals surface area contributed by atoms with Crippen molar-refractivity contribution in [2.75, 3.05) is 41.0 Å². The molecule has 32 heavy (non-hydrogen) atoms. The summed E-state index contributed by atoms with van der Waals surface area (Å²) in [6.45, 7) is 2.12. The lowest BCUT2D eigenvalue weighted by atomic mass is 9.90. The number of likely N-dealkylation sites (N-methyl/N-ethyl adjacent to an activating group) is 1. The van der Waals surface area contributed by atoms with Gasteiger partial charge in [0.25, 0.3) is 0 Å². The van der Waals surface area contributed by atoms with E-state index >= 15 is 0 Å². The van der Waals surface area contributed by atoms with E-state index < -0.39 is 0 Å². The van der Waals surface area contributed by atoms with Gasteiger partial charge in [0.1, 0.15) is 23.9 Å². The van der Waals surface area contributed by atoms with E-state index in [2.05, 4.69) is 33.3 Å². The van der Waals surface area contributed by atoms with Gasteiger partial charge in [-0.25, -0.2) is 0 Å². The summed E-state index contributed by atoms with van der Waals surface area (Å²) in [6, 6.07) is 10.2. The van der Waals surface area contributed by atoms with Crippen molar-refractivity contribution in [1.29, 1.82) is 0 Å². The number of H-pyrrole nitrogens is 1. The Kier molecular flexibility index (Phi) is 5.57. The monoisotopic (exact) mass is 432 g/mol. The SMILES string of the molecule is COc1ccc2c(c1)CC(C1=Nc3cc(-c4cn[nH]c4)cc(OCCN(C)C)c3C1)CO2. The molecule has 0 saturated carbocycles. The summed E-state index contributed by atoms with van der Waals surface area (Å²) in [7, 11) is 5.79. The third kappa shape index (κ3) is 4.08. The lowest BCUT2D eigenvalue weighted by Gasteiger charge is -2.25. The number of rotatable bonds is 7. The number of fused-ring (bicyclic) bond motifs is 2. The van der Waals surface area contributed by atoms with E-state index in [4.69, 9.17) is 19.2 Å². The van der Waals surface area contributed by atoms with E-state index in [-0.39, 0.29) is 5.92 Å². The zero-order valence-corrected chi connectivity index (χ0v) is 18.7. The number of benzene rings is 2. The van der Waals surface area contributed by atoms with Gasteiger partial charge in [-0.3, -0.25) is 10.1 Å². The minimum Gasteiger partial charge on any atom is -0.497 e. The van der Waals surface area contributed by atoms with Crippen LogP contribution in [0.2, 0.25) is 0 Å². The standard InChI is InChI=1S/C25H28N4O3/c1-29(2)6-7-31-25-11-16(19-13-26-27-14-19)10-23-21(25)12-22(28-23)18-8-17-9-20(30-3)4-5-24(17)32-15-18/h4-5,9-11,13-14,18H,6-8,12,15H2,1-3H3,(H,26,27). The van der Waals surface area contributed by atoms with Crippen LogP contribution in [0.3, 0.4) is 0 Å². The van der Waals surface area contributed by atoms with Gasteiger partial charge in [-0.05, 0) is 62.0 Å². The molecule has 2 aliphatic heterocycles. The number of aliphatic imine (C=N–C) groups is 1. The van der Waals surface area contributed by atoms with Crippen molar-refractivity contribution in [2.24, 2.45) is 10.9 Å². The minimum atomic E-state index is 0.231. The van der Waals surface area contributed by atoms with Crippen LogP contribution < -0.4 is 14.2 Å². The molecule has 2 aromatic carbocycles. The highest BCUT2D eigenvalue weighted by Crippen LogP contribution is 2.41. The number of hydrogen-bond acceptors (Lipinski definition) is 6. The molecule has 0 saturated heterocycles. The van der Waals surface area contributed by atoms with E-state index in [0.717, 1.165) is 64.7 Å². The second-order valence-electron chi connectivity index (χ2n) is 8.58. The van der Waals surface area contributed by atoms with Crippen LogP contribution in [0.15, 0.2) is 47.7 Å². The minimum absolute atomic E-state index is 0.231. The Morgan fingerprint density at radius 1 is 1.19 bits per heavy atom. The Hall–Kier alpha value is -3.32. The summed E-state index contributed by atoms with van der Waals surface area (Å²) in [5.41, 5.74) is 6.53. The first kappa shape index (κ1) is 20.6. The molecule has 1 aromatic heterocycles. The average Bonchev–Trinajstić information content (AvgIpc) is 3.48. The predicted molar refractivity (Wildman–Crippen MR) is 125 cm³/mol. The Labute approximate surface area is 188 Å². The van der Waals surface area contributed by atoms with Crippen LogP contribution in [-0.4, -0.2) is 61.8 Å². The average molecular weight is 433 g/mol. The molecule has 1 unspecified atom stereocenters. The summed E-state index contributed by atoms with van der Waals surface area (Å²) >= 11 is 0. The van der Waals surface area contributed by atoms with Crippen molar-refractivity contribution in [3.05, 3.63) is 53.9 Å². The fraction of sp³-hybridized carbons (Fsp3) is 0.360. The quantitative estimate of drug-likeness (QED) is 0.613. The first-order valence-electron chi connectivity index (χ1n) is 10.9. The summed E-state index contributed by atoms with van der Waals surface area (Å²) < 4.78 is 17.7. The van der Waals surface area contributed by atoms with Crippen LogP contribution >= 0.6 is 0 Å². The van der Waals surface area contributed by atoms with Gasteiger partial charge in [-0.2, -0.15) is 5.10 Å². The Bertz CT molecular complexity index is 1140. The molecular formula is C25H28N4O3. The second kappa shape index (κ2) is 8.67. The highest BCUT2D eigenvalue weighted by atomic mass is 16.5. The van der Waals surface area contributed by atoms with E-state index in [9.17, 15) is 0 Å². The summed E-state index contributed by atoms with van der Waals surface area (Å²) in [6.07, 6.45) is 5.39. The number of aromatic nitrogens is 2. The highest BCUT2D eigenvalue weighted by Gasteiger charge is 2.30. The van der Waals surface area contributed by atoms with Gasteiger partial charge in [0.2, 0.25) is 0 Å². The molecule has 3 aromatic rings. The first-order valence-corrected chi connectivity index (χ1v) is 10.9. The van der Waals surface area contributed by atoms with Crippen LogP contribution in [0, 0.1) is 5.92 Å². The predicted octanol–water partition coefficient (Wildman–Crippen LogP) is 3.91. The lowest BCUT2D eigenvalue weighted by molar-refractivity contribution is 0.256. The van der Waals surface area contributed by atoms with Gasteiger partial charge in [0.05, 0.1) is 25.6 Å². The van der Waals surface area contributed by atoms with Crippen molar-refractivity contribution in [3.63, 3.8) is 0 Å². The third-order valence-electron chi connectivity index (χ3n) is 6.08. The van der Waals surface area contributed by atoms with Gasteiger partial charge in [0.15, 0.2) is 0 Å². The molecule has 1 N–H and O–H groups in total. The molecule has 166 valence electrons. The van der Waals surface area contributed by atoms with Crippen LogP contribution in [0.5, 0.6) is 17.2 Å². The molecule has 0 fully saturated rings. The number of hydrogen-bond donors (Lipinski definition) is 1. The molecule has 3 heterocycles. The smallest absolute Gasteiger partial charge is 0.125 e. The van der Waals surface area contributed by atoms with Gasteiger partial charge in [-0.1, -0.05) is 0 Å². The van der Waals surface area contributed by atoms with Crippen molar-refractivity contribution in [2.45, 2.75) is 12.8 Å². The first-order chi connectivity index (χ1) is 15.6. The molecule has 0 aliphatic carbocycles. The molecule has 2 aliphatic rings. The number of nitrogens with zero attached hydrogens (tertiary/aromatic N) is 3. The molecule has 7 nitrogen and oxygen atoms in total. The number of aromatic amines is 1. The molecule has 0 amide bonds. The maximum atomic E-state index is 6.23. The van der Waals surface area contributed by atoms with Crippen molar-refractivity contribution < 1.29 is 14.2 Å². The Morgan fingerprint density at radius 2 is 2.09 bits per heavy atom. The molecule has 1 atom stereocenters. The highest BCUT2D eigenvalue weighted by molar-refractivity contribution is 5.98. The lowest BCUT2D eigenvalue weighted by Crippen LogP contribution is -2.28. The number of methoxy groups -OCH3 is 1. The summed E-state index contributed by atoms with van der Waals surface area (Å²) in [5, 5.41) is 6.99. The molecule has 0 spiro atoms. The normalized spacial score (nSPS) is 16.9. The van der Waals surface area contributed by atoms with Crippen LogP contribution in [0.1, 0.15) is 11.1 Å². The van der Waals surface area contributed by atoms with Gasteiger partial charge >= 0.3 is 0 Å². The van der Waals surface area contributed by atoms with E-state index in [1.54, 1.807) is 7.11 Å². The zero-order valence-electron chi connectivity index (χ0n) is 18.7. The van der Waals surface area contributed by atoms with Crippen molar-refractivity contribution in [1.82, 2.24) is 15.1 Å². The van der Waals surface area contributed by atoms with Crippen LogP contribution in [-0.2, 0) is 12.8 Å². The fourth-order valence-electron chi connectivity index (χ4n) is 4.27. The molecule has 0 bridgehead atoms. The van der Waals surface area contributed by atoms with Gasteiger partial charge < -0.3 is 19.1 Å². The second-order valence-corrected chi connectivity index (χ2v) is 8.58. The molecule has 7 heteroatoms. The van der Waals surface area contributed by atoms with E-state index in [1.165, 1.54) is 5.56 Å². The number of ether oxygens (including phenoxy) is 3.